The number of thiophene rings is 2. The van der Waals surface area contributed by atoms with E-state index in [2.05, 4.69) is 95.9 Å². The zero-order valence-corrected chi connectivity index (χ0v) is 47.9. The molecule has 24 heteroatoms. The molecule has 1 fully saturated rings. The maximum Gasteiger partial charge on any atom is 0.490 e. The Morgan fingerprint density at radius 2 is 1.18 bits per heavy atom. The molecular formula is C54H52BBrCl2N10O8S2. The summed E-state index contributed by atoms with van der Waals surface area (Å²) in [5, 5.41) is 17.0. The molecule has 18 nitrogen and oxygen atoms in total. The summed E-state index contributed by atoms with van der Waals surface area (Å²) >= 11 is 18.2. The van der Waals surface area contributed by atoms with Gasteiger partial charge >= 0.3 is 7.12 Å². The number of carbonyl (C=O) groups is 2. The summed E-state index contributed by atoms with van der Waals surface area (Å²) in [5.41, 5.74) is 5.81. The lowest BCUT2D eigenvalue weighted by atomic mass is 9.75. The van der Waals surface area contributed by atoms with Crippen LogP contribution in [0.5, 0.6) is 23.5 Å². The van der Waals surface area contributed by atoms with Crippen LogP contribution in [-0.2, 0) is 18.8 Å². The molecule has 2 atom stereocenters. The summed E-state index contributed by atoms with van der Waals surface area (Å²) in [4.78, 5) is 52.3. The summed E-state index contributed by atoms with van der Waals surface area (Å²) in [6.07, 6.45) is 8.92. The highest BCUT2D eigenvalue weighted by Gasteiger charge is 2.52. The number of aromatic nitrogens is 6. The van der Waals surface area contributed by atoms with Crippen molar-refractivity contribution in [2.75, 3.05) is 50.2 Å². The first kappa shape index (κ1) is 53.9. The SMILES string of the molecule is CC1(C)OB(C2=CCOCC2)OC1(C)C.C[C@@H]1CNc2c(sc3ccc4nc(Oc5nc(Cl)ncc5Br)ccc4c23)C(=O)N1.C[C@@H]1CNc2c(sc3ccc4nc(Oc5nc(Cl)ncc5C5=CCOCC5)ccc4c23)C(=O)N1. The van der Waals surface area contributed by atoms with Crippen molar-refractivity contribution in [3.05, 3.63) is 109 Å². The number of rotatable bonds is 6. The van der Waals surface area contributed by atoms with Gasteiger partial charge in [-0.15, -0.1) is 22.7 Å². The van der Waals surface area contributed by atoms with Crippen LogP contribution in [0.3, 0.4) is 0 Å². The molecule has 1 saturated heterocycles. The minimum absolute atomic E-state index is 0.0506. The van der Waals surface area contributed by atoms with Gasteiger partial charge in [-0.2, -0.15) is 9.97 Å². The number of nitrogens with one attached hydrogen (secondary N) is 4. The van der Waals surface area contributed by atoms with E-state index in [1.807, 2.05) is 62.4 Å². The van der Waals surface area contributed by atoms with Gasteiger partial charge in [-0.1, -0.05) is 12.2 Å². The molecule has 0 radical (unpaired) electrons. The van der Waals surface area contributed by atoms with Crippen LogP contribution in [0.15, 0.2) is 83.0 Å². The first-order valence-corrected chi connectivity index (χ1v) is 28.4. The standard InChI is InChI=1S/C24H20ClN5O3S.C19H13BrClN5O2S.C11H19BO3/c1-12-10-26-20-19-14-2-5-18(29-16(14)3-4-17(19)34-21(20)22(31)28-12)33-23-15(11-27-24(25)30-23)13-6-8-32-9-7-13;1-8-6-22-15-14-9-2-5-13(28-18-10(20)7-23-19(21)26-18)25-11(9)3-4-12(14)29-16(15)17(27)24-8;1-10(2)11(3,4)15-12(14-10)9-5-7-13-8-6-9/h2-6,11-12,26H,7-10H2,1H3,(H,28,31);2-5,7-8,22H,6H2,1H3,(H,24,27);5H,6-8H2,1-4H3/t12-;8-;/m11./s1. The van der Waals surface area contributed by atoms with Gasteiger partial charge in [0.25, 0.3) is 11.8 Å². The molecule has 78 heavy (non-hydrogen) atoms. The Morgan fingerprint density at radius 3 is 1.71 bits per heavy atom. The zero-order chi connectivity index (χ0) is 54.5. The fourth-order valence-electron chi connectivity index (χ4n) is 9.29. The Balaban J connectivity index is 0.000000133. The monoisotopic (exact) mass is 1190 g/mol. The van der Waals surface area contributed by atoms with Gasteiger partial charge in [0, 0.05) is 80.6 Å². The minimum Gasteiger partial charge on any atom is -0.420 e. The van der Waals surface area contributed by atoms with Crippen LogP contribution in [-0.4, -0.2) is 112 Å². The van der Waals surface area contributed by atoms with Crippen LogP contribution in [0.1, 0.15) is 79.3 Å². The third kappa shape index (κ3) is 11.1. The average molecular weight is 1190 g/mol. The second-order valence-corrected chi connectivity index (χ2v) is 23.7. The van der Waals surface area contributed by atoms with E-state index in [0.29, 0.717) is 64.8 Å². The number of halogens is 3. The van der Waals surface area contributed by atoms with Crippen molar-refractivity contribution in [2.45, 2.75) is 77.7 Å². The molecule has 2 aromatic carbocycles. The molecule has 5 aliphatic rings. The molecule has 4 N–H and O–H groups in total. The first-order chi connectivity index (χ1) is 37.5. The number of benzene rings is 2. The molecule has 2 amide bonds. The largest absolute Gasteiger partial charge is 0.490 e. The predicted octanol–water partition coefficient (Wildman–Crippen LogP) is 12.0. The third-order valence-corrected chi connectivity index (χ3v) is 17.2. The van der Waals surface area contributed by atoms with Gasteiger partial charge in [-0.3, -0.25) is 9.59 Å². The van der Waals surface area contributed by atoms with Crippen LogP contribution in [0.2, 0.25) is 10.6 Å². The number of carbonyl (C=O) groups excluding carboxylic acids is 2. The second-order valence-electron chi connectivity index (χ2n) is 20.0. The van der Waals surface area contributed by atoms with Crippen molar-refractivity contribution in [2.24, 2.45) is 0 Å². The van der Waals surface area contributed by atoms with Crippen LogP contribution < -0.4 is 30.7 Å². The molecule has 6 aromatic heterocycles. The Bertz CT molecular complexity index is 3730. The van der Waals surface area contributed by atoms with Crippen molar-refractivity contribution in [3.8, 4) is 23.5 Å². The van der Waals surface area contributed by atoms with Gasteiger partial charge in [-0.25, -0.2) is 19.9 Å². The maximum absolute atomic E-state index is 12.7. The van der Waals surface area contributed by atoms with Gasteiger partial charge in [0.15, 0.2) is 0 Å². The highest BCUT2D eigenvalue weighted by Crippen LogP contribution is 2.44. The summed E-state index contributed by atoms with van der Waals surface area (Å²) in [6, 6.07) is 15.4. The van der Waals surface area contributed by atoms with Crippen molar-refractivity contribution in [3.63, 3.8) is 0 Å². The summed E-state index contributed by atoms with van der Waals surface area (Å²) in [6.45, 7) is 16.2. The summed E-state index contributed by atoms with van der Waals surface area (Å²) < 4.78 is 37.1. The number of nitrogens with zero attached hydrogens (tertiary/aromatic N) is 6. The van der Waals surface area contributed by atoms with Crippen LogP contribution in [0, 0.1) is 0 Å². The number of amides is 2. The van der Waals surface area contributed by atoms with Gasteiger partial charge in [0.1, 0.15) is 9.75 Å². The maximum atomic E-state index is 12.7. The second kappa shape index (κ2) is 22.2. The fourth-order valence-corrected chi connectivity index (χ4v) is 12.0. The number of fused-ring (bicyclic) bond motifs is 10. The molecular weight excluding hydrogens is 1140 g/mol. The van der Waals surface area contributed by atoms with Gasteiger partial charge in [0.05, 0.1) is 70.1 Å². The summed E-state index contributed by atoms with van der Waals surface area (Å²) in [7, 11) is -0.182. The molecule has 0 saturated carbocycles. The minimum atomic E-state index is -0.239. The highest BCUT2D eigenvalue weighted by molar-refractivity contribution is 9.10. The van der Waals surface area contributed by atoms with Crippen LogP contribution in [0.25, 0.3) is 47.6 Å². The van der Waals surface area contributed by atoms with E-state index in [9.17, 15) is 9.59 Å². The molecule has 0 bridgehead atoms. The smallest absolute Gasteiger partial charge is 0.420 e. The van der Waals surface area contributed by atoms with Crippen molar-refractivity contribution in [1.82, 2.24) is 40.5 Å². The topological polar surface area (TPSA) is 215 Å². The number of hydrogen-bond donors (Lipinski definition) is 4. The Morgan fingerprint density at radius 1 is 0.667 bits per heavy atom. The van der Waals surface area contributed by atoms with Crippen molar-refractivity contribution in [1.29, 1.82) is 0 Å². The molecule has 0 spiro atoms. The lowest BCUT2D eigenvalue weighted by Crippen LogP contribution is -2.41. The average Bonchev–Trinajstić information content (AvgIpc) is 4.16. The van der Waals surface area contributed by atoms with E-state index >= 15 is 0 Å². The molecule has 0 unspecified atom stereocenters. The van der Waals surface area contributed by atoms with E-state index in [-0.39, 0.29) is 58.7 Å². The Labute approximate surface area is 475 Å². The lowest BCUT2D eigenvalue weighted by Gasteiger charge is -2.32. The molecule has 402 valence electrons. The van der Waals surface area contributed by atoms with Crippen molar-refractivity contribution >= 4 is 140 Å². The molecule has 13 rings (SSSR count). The zero-order valence-electron chi connectivity index (χ0n) is 43.2. The number of ether oxygens (including phenoxy) is 4. The van der Waals surface area contributed by atoms with E-state index in [4.69, 9.17) is 56.4 Å². The van der Waals surface area contributed by atoms with Crippen LogP contribution >= 0.6 is 61.8 Å². The van der Waals surface area contributed by atoms with Crippen LogP contribution in [0.4, 0.5) is 11.4 Å². The number of pyridine rings is 2. The van der Waals surface area contributed by atoms with Gasteiger partial charge in [0.2, 0.25) is 34.1 Å². The van der Waals surface area contributed by atoms with E-state index < -0.39 is 0 Å². The van der Waals surface area contributed by atoms with E-state index in [1.54, 1.807) is 12.3 Å². The third-order valence-electron chi connectivity index (χ3n) is 14.0. The number of hydrogen-bond acceptors (Lipinski definition) is 18. The molecule has 11 heterocycles. The van der Waals surface area contributed by atoms with E-state index in [1.165, 1.54) is 34.3 Å². The van der Waals surface area contributed by atoms with Gasteiger partial charge in [-0.05, 0) is 141 Å². The number of anilines is 2. The molecule has 0 aliphatic carbocycles. The first-order valence-electron chi connectivity index (χ1n) is 25.3. The highest BCUT2D eigenvalue weighted by atomic mass is 79.9. The fraction of sp³-hybridized carbons (Fsp3) is 0.333. The molecule has 8 aromatic rings. The normalized spacial score (nSPS) is 19.5. The van der Waals surface area contributed by atoms with Crippen molar-refractivity contribution < 1.29 is 37.8 Å². The van der Waals surface area contributed by atoms with Gasteiger partial charge < -0.3 is 49.5 Å². The quantitative estimate of drug-likeness (QED) is 0.0900. The predicted molar refractivity (Wildman–Crippen MR) is 310 cm³/mol. The Hall–Kier alpha value is -6.08. The summed E-state index contributed by atoms with van der Waals surface area (Å²) in [5.74, 6) is 1.33. The molecule has 5 aliphatic heterocycles. The van der Waals surface area contributed by atoms with E-state index in [0.717, 1.165) is 83.9 Å². The lowest BCUT2D eigenvalue weighted by molar-refractivity contribution is 0.00578. The Kier molecular flexibility index (Phi) is 15.4.